The van der Waals surface area contributed by atoms with Crippen LogP contribution in [0.4, 0.5) is 5.13 Å². The number of fused-ring (bicyclic) bond motifs is 1. The Morgan fingerprint density at radius 1 is 0.933 bits per heavy atom. The first-order valence-corrected chi connectivity index (χ1v) is 11.1. The second-order valence-electron chi connectivity index (χ2n) is 7.34. The van der Waals surface area contributed by atoms with Crippen LogP contribution in [-0.2, 0) is 30.6 Å². The van der Waals surface area contributed by atoms with Crippen molar-refractivity contribution in [3.63, 3.8) is 0 Å². The highest BCUT2D eigenvalue weighted by atomic mass is 32.1. The third-order valence-corrected chi connectivity index (χ3v) is 6.27. The lowest BCUT2D eigenvalue weighted by molar-refractivity contribution is -0.118. The molecule has 0 N–H and O–H groups in total. The molecule has 2 heterocycles. The Labute approximate surface area is 181 Å². The van der Waals surface area contributed by atoms with Crippen molar-refractivity contribution in [1.82, 2.24) is 9.97 Å². The van der Waals surface area contributed by atoms with Crippen molar-refractivity contribution in [3.05, 3.63) is 89.2 Å². The molecule has 30 heavy (non-hydrogen) atoms. The van der Waals surface area contributed by atoms with Gasteiger partial charge in [0.2, 0.25) is 5.91 Å². The number of nitrogens with zero attached hydrogens (tertiary/aromatic N) is 3. The second kappa shape index (κ2) is 9.18. The quantitative estimate of drug-likeness (QED) is 0.395. The van der Waals surface area contributed by atoms with E-state index in [0.29, 0.717) is 13.0 Å². The lowest BCUT2D eigenvalue weighted by atomic mass is 10.1. The molecule has 0 aliphatic heterocycles. The number of aromatic nitrogens is 2. The van der Waals surface area contributed by atoms with Crippen molar-refractivity contribution in [1.29, 1.82) is 0 Å². The number of pyridine rings is 1. The molecule has 5 heteroatoms. The zero-order valence-electron chi connectivity index (χ0n) is 17.3. The summed E-state index contributed by atoms with van der Waals surface area (Å²) < 4.78 is 1.11. The van der Waals surface area contributed by atoms with Gasteiger partial charge in [0, 0.05) is 12.4 Å². The molecule has 0 spiro atoms. The Balaban J connectivity index is 1.65. The molecule has 2 aromatic heterocycles. The molecule has 4 nitrogen and oxygen atoms in total. The highest BCUT2D eigenvalue weighted by molar-refractivity contribution is 7.22. The third kappa shape index (κ3) is 4.57. The summed E-state index contributed by atoms with van der Waals surface area (Å²) in [7, 11) is 0. The van der Waals surface area contributed by atoms with Crippen molar-refractivity contribution in [2.45, 2.75) is 39.7 Å². The van der Waals surface area contributed by atoms with Gasteiger partial charge in [-0.05, 0) is 53.3 Å². The van der Waals surface area contributed by atoms with Gasteiger partial charge in [0.15, 0.2) is 5.13 Å². The van der Waals surface area contributed by atoms with Crippen molar-refractivity contribution in [2.24, 2.45) is 0 Å². The van der Waals surface area contributed by atoms with Gasteiger partial charge in [0.25, 0.3) is 0 Å². The van der Waals surface area contributed by atoms with Crippen LogP contribution < -0.4 is 4.90 Å². The van der Waals surface area contributed by atoms with Crippen LogP contribution in [0.2, 0.25) is 0 Å². The van der Waals surface area contributed by atoms with E-state index in [-0.39, 0.29) is 5.91 Å². The number of carbonyl (C=O) groups is 1. The Morgan fingerprint density at radius 3 is 2.37 bits per heavy atom. The van der Waals surface area contributed by atoms with E-state index in [1.54, 1.807) is 28.6 Å². The van der Waals surface area contributed by atoms with Gasteiger partial charge in [0.1, 0.15) is 0 Å². The van der Waals surface area contributed by atoms with Crippen LogP contribution in [0.15, 0.2) is 67.0 Å². The molecule has 0 saturated carbocycles. The molecule has 0 aliphatic carbocycles. The number of rotatable bonds is 7. The van der Waals surface area contributed by atoms with Gasteiger partial charge in [-0.2, -0.15) is 0 Å². The minimum absolute atomic E-state index is 0.0397. The van der Waals surface area contributed by atoms with E-state index in [1.807, 2.05) is 30.3 Å². The van der Waals surface area contributed by atoms with E-state index in [1.165, 1.54) is 11.1 Å². The second-order valence-corrected chi connectivity index (χ2v) is 8.35. The minimum atomic E-state index is 0.0397. The van der Waals surface area contributed by atoms with E-state index in [0.717, 1.165) is 39.3 Å². The number of carbonyl (C=O) groups excluding carboxylic acids is 1. The summed E-state index contributed by atoms with van der Waals surface area (Å²) in [5.74, 6) is 0.0397. The van der Waals surface area contributed by atoms with Crippen LogP contribution in [0.3, 0.4) is 0 Å². The van der Waals surface area contributed by atoms with Crippen LogP contribution in [0, 0.1) is 0 Å². The van der Waals surface area contributed by atoms with E-state index in [9.17, 15) is 4.79 Å². The summed E-state index contributed by atoms with van der Waals surface area (Å²) in [4.78, 5) is 24.1. The summed E-state index contributed by atoms with van der Waals surface area (Å²) in [5.41, 5.74) is 5.49. The standard InChI is InChI=1S/C25H25N3OS/c1-3-18-7-9-20(10-8-18)15-24(29)28(17-21-6-5-13-26-16-21)25-27-22-12-11-19(4-2)14-23(22)30-25/h5-14,16H,3-4,15,17H2,1-2H3. The van der Waals surface area contributed by atoms with Gasteiger partial charge in [0.05, 0.1) is 23.2 Å². The van der Waals surface area contributed by atoms with Gasteiger partial charge >= 0.3 is 0 Å². The number of benzene rings is 2. The topological polar surface area (TPSA) is 46.1 Å². The Morgan fingerprint density at radius 2 is 1.67 bits per heavy atom. The van der Waals surface area contributed by atoms with Gasteiger partial charge in [-0.25, -0.2) is 4.98 Å². The molecule has 0 bridgehead atoms. The number of thiazole rings is 1. The molecule has 1 amide bonds. The van der Waals surface area contributed by atoms with Gasteiger partial charge < -0.3 is 0 Å². The number of anilines is 1. The first-order valence-electron chi connectivity index (χ1n) is 10.3. The number of hydrogen-bond donors (Lipinski definition) is 0. The van der Waals surface area contributed by atoms with Crippen LogP contribution in [0.5, 0.6) is 0 Å². The first-order chi connectivity index (χ1) is 14.7. The number of aryl methyl sites for hydroxylation is 2. The highest BCUT2D eigenvalue weighted by Crippen LogP contribution is 2.31. The van der Waals surface area contributed by atoms with Crippen molar-refractivity contribution < 1.29 is 4.79 Å². The van der Waals surface area contributed by atoms with Crippen molar-refractivity contribution >= 4 is 32.6 Å². The highest BCUT2D eigenvalue weighted by Gasteiger charge is 2.21. The van der Waals surface area contributed by atoms with Gasteiger partial charge in [-0.15, -0.1) is 0 Å². The summed E-state index contributed by atoms with van der Waals surface area (Å²) in [6.45, 7) is 4.73. The van der Waals surface area contributed by atoms with E-state index < -0.39 is 0 Å². The zero-order valence-corrected chi connectivity index (χ0v) is 18.2. The smallest absolute Gasteiger partial charge is 0.233 e. The first kappa shape index (κ1) is 20.2. The molecule has 0 aliphatic rings. The summed E-state index contributed by atoms with van der Waals surface area (Å²) in [6.07, 6.45) is 5.87. The van der Waals surface area contributed by atoms with E-state index in [2.05, 4.69) is 43.1 Å². The van der Waals surface area contributed by atoms with Gasteiger partial charge in [-0.3, -0.25) is 14.7 Å². The maximum Gasteiger partial charge on any atom is 0.233 e. The van der Waals surface area contributed by atoms with Crippen LogP contribution in [0.25, 0.3) is 10.2 Å². The summed E-state index contributed by atoms with van der Waals surface area (Å²) in [6, 6.07) is 18.5. The maximum atomic E-state index is 13.3. The SMILES string of the molecule is CCc1ccc(CC(=O)N(Cc2cccnc2)c2nc3ccc(CC)cc3s2)cc1. The van der Waals surface area contributed by atoms with Crippen LogP contribution in [-0.4, -0.2) is 15.9 Å². The largest absolute Gasteiger partial charge is 0.283 e. The van der Waals surface area contributed by atoms with Crippen molar-refractivity contribution in [3.8, 4) is 0 Å². The Hall–Kier alpha value is -3.05. The molecule has 4 rings (SSSR count). The molecule has 0 saturated heterocycles. The molecule has 0 radical (unpaired) electrons. The maximum absolute atomic E-state index is 13.3. The fourth-order valence-electron chi connectivity index (χ4n) is 3.39. The minimum Gasteiger partial charge on any atom is -0.283 e. The lowest BCUT2D eigenvalue weighted by Crippen LogP contribution is -2.31. The molecule has 0 unspecified atom stereocenters. The monoisotopic (exact) mass is 415 g/mol. The lowest BCUT2D eigenvalue weighted by Gasteiger charge is -2.20. The molecule has 0 fully saturated rings. The summed E-state index contributed by atoms with van der Waals surface area (Å²) >= 11 is 1.57. The number of amides is 1. The van der Waals surface area contributed by atoms with Gasteiger partial charge in [-0.1, -0.05) is 61.6 Å². The molecule has 0 atom stereocenters. The predicted octanol–water partition coefficient (Wildman–Crippen LogP) is 5.59. The molecule has 152 valence electrons. The van der Waals surface area contributed by atoms with Crippen LogP contribution >= 0.6 is 11.3 Å². The molecule has 4 aromatic rings. The third-order valence-electron chi connectivity index (χ3n) is 5.23. The average Bonchev–Trinajstić information content (AvgIpc) is 3.21. The fraction of sp³-hybridized carbons (Fsp3) is 0.240. The molecular weight excluding hydrogens is 390 g/mol. The van der Waals surface area contributed by atoms with Crippen molar-refractivity contribution in [2.75, 3.05) is 4.90 Å². The van der Waals surface area contributed by atoms with E-state index in [4.69, 9.17) is 4.98 Å². The molecular formula is C25H25N3OS. The van der Waals surface area contributed by atoms with E-state index >= 15 is 0 Å². The average molecular weight is 416 g/mol. The fourth-order valence-corrected chi connectivity index (χ4v) is 4.44. The normalized spacial score (nSPS) is 11.0. The number of hydrogen-bond acceptors (Lipinski definition) is 4. The predicted molar refractivity (Wildman–Crippen MR) is 124 cm³/mol. The zero-order chi connectivity index (χ0) is 20.9. The summed E-state index contributed by atoms with van der Waals surface area (Å²) in [5, 5.41) is 0.734. The Kier molecular flexibility index (Phi) is 6.19. The van der Waals surface area contributed by atoms with Crippen LogP contribution in [0.1, 0.15) is 36.1 Å². The molecule has 2 aromatic carbocycles. The Bertz CT molecular complexity index is 1140.